The maximum Gasteiger partial charge on any atom is 0.264 e. The average Bonchev–Trinajstić information content (AvgIpc) is 2.82. The van der Waals surface area contributed by atoms with Gasteiger partial charge in [0, 0.05) is 5.02 Å². The fraction of sp³-hybridized carbons (Fsp3) is 0.269. The van der Waals surface area contributed by atoms with E-state index in [1.807, 2.05) is 32.9 Å². The van der Waals surface area contributed by atoms with Crippen LogP contribution in [0.1, 0.15) is 36.1 Å². The molecule has 1 amide bonds. The number of anilines is 1. The van der Waals surface area contributed by atoms with E-state index in [-0.39, 0.29) is 17.5 Å². The number of carbonyl (C=O) groups excluding carboxylic acids is 1. The highest BCUT2D eigenvalue weighted by Crippen LogP contribution is 2.27. The molecule has 0 aromatic heterocycles. The van der Waals surface area contributed by atoms with Gasteiger partial charge in [-0.05, 0) is 79.9 Å². The summed E-state index contributed by atoms with van der Waals surface area (Å²) in [5, 5.41) is 3.47. The predicted octanol–water partition coefficient (Wildman–Crippen LogP) is 5.43. The zero-order valence-corrected chi connectivity index (χ0v) is 21.3. The highest BCUT2D eigenvalue weighted by Gasteiger charge is 2.28. The Bertz CT molecular complexity index is 1240. The van der Waals surface area contributed by atoms with Crippen molar-refractivity contribution in [3.05, 3.63) is 88.4 Å². The number of ether oxygens (including phenoxy) is 1. The van der Waals surface area contributed by atoms with E-state index in [2.05, 4.69) is 11.4 Å². The van der Waals surface area contributed by atoms with Crippen molar-refractivity contribution in [3.8, 4) is 5.75 Å². The smallest absolute Gasteiger partial charge is 0.264 e. The number of hydrogen-bond acceptors (Lipinski definition) is 4. The minimum atomic E-state index is -4.03. The zero-order valence-electron chi connectivity index (χ0n) is 19.7. The molecule has 0 aliphatic rings. The maximum atomic E-state index is 13.5. The van der Waals surface area contributed by atoms with Gasteiger partial charge in [-0.15, -0.1) is 0 Å². The number of nitrogens with zero attached hydrogens (tertiary/aromatic N) is 1. The van der Waals surface area contributed by atoms with Crippen LogP contribution >= 0.6 is 11.6 Å². The molecule has 0 bridgehead atoms. The van der Waals surface area contributed by atoms with E-state index in [9.17, 15) is 13.2 Å². The minimum Gasteiger partial charge on any atom is -0.497 e. The van der Waals surface area contributed by atoms with E-state index >= 15 is 0 Å². The summed E-state index contributed by atoms with van der Waals surface area (Å²) < 4.78 is 33.3. The van der Waals surface area contributed by atoms with Crippen LogP contribution in [-0.4, -0.2) is 28.0 Å². The molecule has 0 spiro atoms. The molecule has 0 saturated carbocycles. The van der Waals surface area contributed by atoms with E-state index in [1.54, 1.807) is 36.4 Å². The molecule has 1 unspecified atom stereocenters. The number of amides is 1. The summed E-state index contributed by atoms with van der Waals surface area (Å²) in [6.45, 7) is 5.63. The number of rotatable bonds is 9. The van der Waals surface area contributed by atoms with Crippen LogP contribution in [0.4, 0.5) is 5.69 Å². The first-order valence-corrected chi connectivity index (χ1v) is 12.8. The Kier molecular flexibility index (Phi) is 8.23. The topological polar surface area (TPSA) is 75.7 Å². The van der Waals surface area contributed by atoms with Gasteiger partial charge >= 0.3 is 0 Å². The Labute approximate surface area is 206 Å². The van der Waals surface area contributed by atoms with Gasteiger partial charge in [0.1, 0.15) is 12.3 Å². The molecular weight excluding hydrogens is 472 g/mol. The molecule has 0 radical (unpaired) electrons. The van der Waals surface area contributed by atoms with Crippen molar-refractivity contribution >= 4 is 33.2 Å². The number of hydrogen-bond donors (Lipinski definition) is 1. The summed E-state index contributed by atoms with van der Waals surface area (Å²) in [5.74, 6) is 0.132. The van der Waals surface area contributed by atoms with E-state index in [0.717, 1.165) is 21.0 Å². The van der Waals surface area contributed by atoms with Crippen LogP contribution in [0.3, 0.4) is 0 Å². The van der Waals surface area contributed by atoms with Gasteiger partial charge in [0.15, 0.2) is 0 Å². The van der Waals surface area contributed by atoms with Gasteiger partial charge in [0.2, 0.25) is 5.91 Å². The lowest BCUT2D eigenvalue weighted by Gasteiger charge is -2.26. The van der Waals surface area contributed by atoms with Gasteiger partial charge in [-0.2, -0.15) is 0 Å². The highest BCUT2D eigenvalue weighted by molar-refractivity contribution is 7.92. The highest BCUT2D eigenvalue weighted by atomic mass is 35.5. The van der Waals surface area contributed by atoms with Gasteiger partial charge in [-0.1, -0.05) is 42.3 Å². The van der Waals surface area contributed by atoms with Crippen LogP contribution < -0.4 is 14.4 Å². The number of carbonyl (C=O) groups is 1. The van der Waals surface area contributed by atoms with Crippen LogP contribution in [-0.2, 0) is 14.8 Å². The van der Waals surface area contributed by atoms with Gasteiger partial charge < -0.3 is 10.1 Å². The molecule has 180 valence electrons. The van der Waals surface area contributed by atoms with Crippen LogP contribution in [0.2, 0.25) is 5.02 Å². The lowest BCUT2D eigenvalue weighted by molar-refractivity contribution is -0.120. The van der Waals surface area contributed by atoms with Crippen LogP contribution in [0.5, 0.6) is 5.75 Å². The quantitative estimate of drug-likeness (QED) is 0.425. The summed E-state index contributed by atoms with van der Waals surface area (Å²) >= 11 is 6.01. The number of aryl methyl sites for hydroxylation is 2. The normalized spacial score (nSPS) is 12.1. The number of halogens is 1. The SMILES string of the molecule is CCC(NC(=O)CN(c1ccc(Cl)cc1)S(=O)(=O)c1ccc(OC)cc1)c1ccc(C)cc1C. The Morgan fingerprint density at radius 2 is 1.68 bits per heavy atom. The van der Waals surface area contributed by atoms with E-state index in [1.165, 1.54) is 19.2 Å². The number of methoxy groups -OCH3 is 1. The van der Waals surface area contributed by atoms with Crippen molar-refractivity contribution < 1.29 is 17.9 Å². The molecule has 3 aromatic rings. The second kappa shape index (κ2) is 10.9. The predicted molar refractivity (Wildman–Crippen MR) is 136 cm³/mol. The van der Waals surface area contributed by atoms with Gasteiger partial charge in [-0.25, -0.2) is 8.42 Å². The molecule has 0 heterocycles. The van der Waals surface area contributed by atoms with Crippen molar-refractivity contribution in [3.63, 3.8) is 0 Å². The van der Waals surface area contributed by atoms with Crippen molar-refractivity contribution in [2.24, 2.45) is 0 Å². The molecule has 8 heteroatoms. The summed E-state index contributed by atoms with van der Waals surface area (Å²) in [4.78, 5) is 13.2. The van der Waals surface area contributed by atoms with Crippen LogP contribution in [0.15, 0.2) is 71.6 Å². The molecular formula is C26H29ClN2O4S. The van der Waals surface area contributed by atoms with Crippen molar-refractivity contribution in [1.82, 2.24) is 5.32 Å². The van der Waals surface area contributed by atoms with E-state index in [0.29, 0.717) is 22.9 Å². The summed E-state index contributed by atoms with van der Waals surface area (Å²) in [7, 11) is -2.53. The maximum absolute atomic E-state index is 13.5. The van der Waals surface area contributed by atoms with E-state index in [4.69, 9.17) is 16.3 Å². The van der Waals surface area contributed by atoms with E-state index < -0.39 is 15.9 Å². The molecule has 3 rings (SSSR count). The Morgan fingerprint density at radius 3 is 2.24 bits per heavy atom. The second-order valence-electron chi connectivity index (χ2n) is 8.05. The molecule has 34 heavy (non-hydrogen) atoms. The lowest BCUT2D eigenvalue weighted by Crippen LogP contribution is -2.42. The fourth-order valence-electron chi connectivity index (χ4n) is 3.78. The van der Waals surface area contributed by atoms with Crippen molar-refractivity contribution in [2.45, 2.75) is 38.1 Å². The monoisotopic (exact) mass is 500 g/mol. The van der Waals surface area contributed by atoms with Gasteiger partial charge in [0.05, 0.1) is 23.7 Å². The van der Waals surface area contributed by atoms with Crippen molar-refractivity contribution in [2.75, 3.05) is 18.0 Å². The second-order valence-corrected chi connectivity index (χ2v) is 10.4. The molecule has 1 atom stereocenters. The zero-order chi connectivity index (χ0) is 24.9. The summed E-state index contributed by atoms with van der Waals surface area (Å²) in [6, 6.07) is 18.2. The van der Waals surface area contributed by atoms with Crippen LogP contribution in [0.25, 0.3) is 0 Å². The standard InChI is InChI=1S/C26H29ClN2O4S/c1-5-25(24-15-6-18(2)16-19(24)3)28-26(30)17-29(21-9-7-20(27)8-10-21)34(31,32)23-13-11-22(33-4)12-14-23/h6-16,25H,5,17H2,1-4H3,(H,28,30). The first-order valence-electron chi connectivity index (χ1n) is 10.9. The Hall–Kier alpha value is -3.03. The Morgan fingerprint density at radius 1 is 1.03 bits per heavy atom. The Balaban J connectivity index is 1.91. The molecule has 0 saturated heterocycles. The third-order valence-corrected chi connectivity index (χ3v) is 7.63. The minimum absolute atomic E-state index is 0.0532. The molecule has 6 nitrogen and oxygen atoms in total. The first kappa shape index (κ1) is 25.6. The van der Waals surface area contributed by atoms with Gasteiger partial charge in [-0.3, -0.25) is 9.10 Å². The molecule has 0 aliphatic carbocycles. The number of benzene rings is 3. The molecule has 3 aromatic carbocycles. The third kappa shape index (κ3) is 5.90. The van der Waals surface area contributed by atoms with Gasteiger partial charge in [0.25, 0.3) is 10.0 Å². The van der Waals surface area contributed by atoms with Crippen LogP contribution in [0, 0.1) is 13.8 Å². The first-order chi connectivity index (χ1) is 16.1. The molecule has 0 aliphatic heterocycles. The summed E-state index contributed by atoms with van der Waals surface area (Å²) in [5.41, 5.74) is 3.57. The largest absolute Gasteiger partial charge is 0.497 e. The average molecular weight is 501 g/mol. The lowest BCUT2D eigenvalue weighted by atomic mass is 9.97. The molecule has 0 fully saturated rings. The fourth-order valence-corrected chi connectivity index (χ4v) is 5.33. The summed E-state index contributed by atoms with van der Waals surface area (Å²) in [6.07, 6.45) is 0.668. The number of nitrogens with one attached hydrogen (secondary N) is 1. The molecule has 1 N–H and O–H groups in total. The number of sulfonamides is 1. The van der Waals surface area contributed by atoms with Crippen molar-refractivity contribution in [1.29, 1.82) is 0 Å². The third-order valence-electron chi connectivity index (χ3n) is 5.59.